The van der Waals surface area contributed by atoms with Gasteiger partial charge in [-0.1, -0.05) is 6.92 Å². The summed E-state index contributed by atoms with van der Waals surface area (Å²) in [5.74, 6) is 0.226. The van der Waals surface area contributed by atoms with Gasteiger partial charge in [0.25, 0.3) is 0 Å². The lowest BCUT2D eigenvalue weighted by atomic mass is 10.4. The van der Waals surface area contributed by atoms with Crippen molar-refractivity contribution in [3.63, 3.8) is 0 Å². The normalized spacial score (nSPS) is 9.83. The summed E-state index contributed by atoms with van der Waals surface area (Å²) in [6.07, 6.45) is 2.26. The number of oxazole rings is 1. The molecule has 0 N–H and O–H groups in total. The van der Waals surface area contributed by atoms with Gasteiger partial charge in [-0.2, -0.15) is 0 Å². The van der Waals surface area contributed by atoms with Crippen molar-refractivity contribution in [2.75, 3.05) is 6.61 Å². The van der Waals surface area contributed by atoms with E-state index in [9.17, 15) is 4.79 Å². The first-order valence-electron chi connectivity index (χ1n) is 3.89. The standard InChI is InChI=1S/C8H11NO3/c1-3-6-5-9-7(12-6)8(10)11-4-2/h5H,3-4H2,1-2H3. The summed E-state index contributed by atoms with van der Waals surface area (Å²) in [6.45, 7) is 4.00. The molecule has 4 heteroatoms. The number of nitrogens with zero attached hydrogens (tertiary/aromatic N) is 1. The van der Waals surface area contributed by atoms with Gasteiger partial charge < -0.3 is 9.15 Å². The highest BCUT2D eigenvalue weighted by atomic mass is 16.5. The molecule has 0 spiro atoms. The van der Waals surface area contributed by atoms with Crippen LogP contribution >= 0.6 is 0 Å². The number of ether oxygens (including phenoxy) is 1. The van der Waals surface area contributed by atoms with Crippen molar-refractivity contribution in [1.82, 2.24) is 4.98 Å². The molecular weight excluding hydrogens is 158 g/mol. The number of hydrogen-bond donors (Lipinski definition) is 0. The van der Waals surface area contributed by atoms with Gasteiger partial charge in [-0.05, 0) is 6.92 Å². The molecule has 1 heterocycles. The van der Waals surface area contributed by atoms with Crippen molar-refractivity contribution < 1.29 is 13.9 Å². The fourth-order valence-electron chi connectivity index (χ4n) is 0.758. The highest BCUT2D eigenvalue weighted by molar-refractivity contribution is 5.84. The lowest BCUT2D eigenvalue weighted by Gasteiger charge is -1.94. The Bertz CT molecular complexity index is 267. The summed E-state index contributed by atoms with van der Waals surface area (Å²) >= 11 is 0. The Morgan fingerprint density at radius 3 is 2.92 bits per heavy atom. The van der Waals surface area contributed by atoms with Crippen LogP contribution in [0, 0.1) is 0 Å². The van der Waals surface area contributed by atoms with Crippen LogP contribution in [0.5, 0.6) is 0 Å². The van der Waals surface area contributed by atoms with Gasteiger partial charge in [0, 0.05) is 6.42 Å². The molecule has 0 unspecified atom stereocenters. The third-order valence-corrected chi connectivity index (χ3v) is 1.35. The highest BCUT2D eigenvalue weighted by Gasteiger charge is 2.12. The monoisotopic (exact) mass is 169 g/mol. The molecule has 1 aromatic rings. The smallest absolute Gasteiger partial charge is 0.394 e. The topological polar surface area (TPSA) is 52.3 Å². The van der Waals surface area contributed by atoms with Gasteiger partial charge in [0.15, 0.2) is 0 Å². The van der Waals surface area contributed by atoms with E-state index in [1.54, 1.807) is 6.92 Å². The lowest BCUT2D eigenvalue weighted by molar-refractivity contribution is 0.0479. The van der Waals surface area contributed by atoms with Gasteiger partial charge in [0.05, 0.1) is 12.8 Å². The van der Waals surface area contributed by atoms with Crippen molar-refractivity contribution >= 4 is 5.97 Å². The average Bonchev–Trinajstić information content (AvgIpc) is 2.52. The number of rotatable bonds is 3. The molecule has 0 aliphatic rings. The second-order valence-corrected chi connectivity index (χ2v) is 2.21. The number of aryl methyl sites for hydroxylation is 1. The van der Waals surface area contributed by atoms with Crippen LogP contribution in [0.4, 0.5) is 0 Å². The summed E-state index contributed by atoms with van der Waals surface area (Å²) in [4.78, 5) is 14.8. The molecule has 0 fully saturated rings. The molecule has 66 valence electrons. The molecular formula is C8H11NO3. The fraction of sp³-hybridized carbons (Fsp3) is 0.500. The molecule has 0 saturated carbocycles. The van der Waals surface area contributed by atoms with Crippen molar-refractivity contribution in [1.29, 1.82) is 0 Å². The van der Waals surface area contributed by atoms with Crippen LogP contribution < -0.4 is 0 Å². The van der Waals surface area contributed by atoms with E-state index in [0.717, 1.165) is 6.42 Å². The molecule has 0 aromatic carbocycles. The fourth-order valence-corrected chi connectivity index (χ4v) is 0.758. The molecule has 0 aliphatic heterocycles. The maximum Gasteiger partial charge on any atom is 0.394 e. The third-order valence-electron chi connectivity index (χ3n) is 1.35. The van der Waals surface area contributed by atoms with E-state index in [0.29, 0.717) is 12.4 Å². The maximum absolute atomic E-state index is 11.0. The molecule has 0 radical (unpaired) electrons. The quantitative estimate of drug-likeness (QED) is 0.642. The average molecular weight is 169 g/mol. The van der Waals surface area contributed by atoms with Crippen molar-refractivity contribution in [2.45, 2.75) is 20.3 Å². The Morgan fingerprint density at radius 2 is 2.42 bits per heavy atom. The Balaban J connectivity index is 2.68. The summed E-state index contributed by atoms with van der Waals surface area (Å²) in [5, 5.41) is 0. The van der Waals surface area contributed by atoms with Crippen LogP contribution in [0.25, 0.3) is 0 Å². The molecule has 1 rings (SSSR count). The van der Waals surface area contributed by atoms with Crippen molar-refractivity contribution in [3.05, 3.63) is 17.8 Å². The van der Waals surface area contributed by atoms with Gasteiger partial charge in [-0.25, -0.2) is 9.78 Å². The molecule has 0 aliphatic carbocycles. The first-order valence-corrected chi connectivity index (χ1v) is 3.89. The Morgan fingerprint density at radius 1 is 1.67 bits per heavy atom. The van der Waals surface area contributed by atoms with Crippen LogP contribution in [-0.2, 0) is 11.2 Å². The summed E-state index contributed by atoms with van der Waals surface area (Å²) in [7, 11) is 0. The van der Waals surface area contributed by atoms with E-state index in [4.69, 9.17) is 9.15 Å². The number of aromatic nitrogens is 1. The summed E-state index contributed by atoms with van der Waals surface area (Å²) < 4.78 is 9.75. The van der Waals surface area contributed by atoms with E-state index < -0.39 is 5.97 Å². The Labute approximate surface area is 70.5 Å². The van der Waals surface area contributed by atoms with E-state index in [1.165, 1.54) is 6.20 Å². The van der Waals surface area contributed by atoms with E-state index in [2.05, 4.69) is 4.98 Å². The molecule has 0 amide bonds. The number of esters is 1. The van der Waals surface area contributed by atoms with Gasteiger partial charge in [0.1, 0.15) is 5.76 Å². The van der Waals surface area contributed by atoms with Crippen molar-refractivity contribution in [2.24, 2.45) is 0 Å². The molecule has 12 heavy (non-hydrogen) atoms. The predicted octanol–water partition coefficient (Wildman–Crippen LogP) is 1.41. The maximum atomic E-state index is 11.0. The molecule has 0 saturated heterocycles. The van der Waals surface area contributed by atoms with Crippen LogP contribution in [0.2, 0.25) is 0 Å². The first kappa shape index (κ1) is 8.77. The van der Waals surface area contributed by atoms with E-state index in [-0.39, 0.29) is 5.89 Å². The van der Waals surface area contributed by atoms with Gasteiger partial charge in [0.2, 0.25) is 0 Å². The number of carbonyl (C=O) groups excluding carboxylic acids is 1. The molecule has 1 aromatic heterocycles. The van der Waals surface area contributed by atoms with Crippen LogP contribution in [0.3, 0.4) is 0 Å². The van der Waals surface area contributed by atoms with Crippen LogP contribution in [-0.4, -0.2) is 17.6 Å². The van der Waals surface area contributed by atoms with Crippen LogP contribution in [0.15, 0.2) is 10.6 Å². The third kappa shape index (κ3) is 1.84. The lowest BCUT2D eigenvalue weighted by Crippen LogP contribution is -2.04. The first-order chi connectivity index (χ1) is 5.77. The zero-order valence-electron chi connectivity index (χ0n) is 7.16. The molecule has 0 bridgehead atoms. The van der Waals surface area contributed by atoms with Gasteiger partial charge in [-0.15, -0.1) is 0 Å². The van der Waals surface area contributed by atoms with Gasteiger partial charge >= 0.3 is 11.9 Å². The Hall–Kier alpha value is -1.32. The van der Waals surface area contributed by atoms with Gasteiger partial charge in [-0.3, -0.25) is 0 Å². The predicted molar refractivity (Wildman–Crippen MR) is 41.8 cm³/mol. The minimum Gasteiger partial charge on any atom is -0.459 e. The minimum absolute atomic E-state index is 0.0358. The van der Waals surface area contributed by atoms with E-state index >= 15 is 0 Å². The summed E-state index contributed by atoms with van der Waals surface area (Å²) in [5.41, 5.74) is 0. The number of carbonyl (C=O) groups is 1. The zero-order valence-corrected chi connectivity index (χ0v) is 7.16. The molecule has 0 atom stereocenters. The zero-order chi connectivity index (χ0) is 8.97. The van der Waals surface area contributed by atoms with Crippen molar-refractivity contribution in [3.8, 4) is 0 Å². The second kappa shape index (κ2) is 3.90. The van der Waals surface area contributed by atoms with E-state index in [1.807, 2.05) is 6.92 Å². The molecule has 4 nitrogen and oxygen atoms in total. The second-order valence-electron chi connectivity index (χ2n) is 2.21. The number of hydrogen-bond acceptors (Lipinski definition) is 4. The SMILES string of the molecule is CCOC(=O)c1ncc(CC)o1. The minimum atomic E-state index is -0.503. The largest absolute Gasteiger partial charge is 0.459 e. The summed E-state index contributed by atoms with van der Waals surface area (Å²) in [6, 6.07) is 0. The highest BCUT2D eigenvalue weighted by Crippen LogP contribution is 2.05. The Kier molecular flexibility index (Phi) is 2.85. The van der Waals surface area contributed by atoms with Crippen LogP contribution in [0.1, 0.15) is 30.3 Å².